The highest BCUT2D eigenvalue weighted by atomic mass is 16.5. The van der Waals surface area contributed by atoms with E-state index >= 15 is 0 Å². The quantitative estimate of drug-likeness (QED) is 0.800. The van der Waals surface area contributed by atoms with Gasteiger partial charge in [-0.3, -0.25) is 4.79 Å². The van der Waals surface area contributed by atoms with Crippen LogP contribution in [0.1, 0.15) is 45.1 Å². The van der Waals surface area contributed by atoms with Crippen molar-refractivity contribution in [2.75, 3.05) is 0 Å². The van der Waals surface area contributed by atoms with E-state index in [-0.39, 0.29) is 12.1 Å². The van der Waals surface area contributed by atoms with Gasteiger partial charge >= 0.3 is 0 Å². The van der Waals surface area contributed by atoms with Crippen molar-refractivity contribution in [3.63, 3.8) is 0 Å². The fourth-order valence-electron chi connectivity index (χ4n) is 1.58. The third-order valence-corrected chi connectivity index (χ3v) is 2.35. The minimum atomic E-state index is -0.250. The molecule has 1 saturated carbocycles. The Morgan fingerprint density at radius 1 is 1.24 bits per heavy atom. The summed E-state index contributed by atoms with van der Waals surface area (Å²) in [5.74, 6) is 1.81. The van der Waals surface area contributed by atoms with Crippen molar-refractivity contribution in [2.24, 2.45) is 0 Å². The van der Waals surface area contributed by atoms with E-state index < -0.39 is 0 Å². The molecule has 0 aliphatic heterocycles. The molecule has 17 heavy (non-hydrogen) atoms. The summed E-state index contributed by atoms with van der Waals surface area (Å²) < 4.78 is 5.76. The number of benzene rings is 1. The average Bonchev–Trinajstić information content (AvgIpc) is 3.01. The molecule has 0 radical (unpaired) electrons. The predicted octanol–water partition coefficient (Wildman–Crippen LogP) is 3.44. The van der Waals surface area contributed by atoms with E-state index in [0.717, 1.165) is 11.7 Å². The summed E-state index contributed by atoms with van der Waals surface area (Å²) in [6.07, 6.45) is 2.72. The summed E-state index contributed by atoms with van der Waals surface area (Å²) in [4.78, 5) is 8.36. The Morgan fingerprint density at radius 3 is 2.06 bits per heavy atom. The molecule has 0 saturated heterocycles. The fourth-order valence-corrected chi connectivity index (χ4v) is 1.58. The molecule has 0 atom stereocenters. The molecule has 0 unspecified atom stereocenters. The van der Waals surface area contributed by atoms with E-state index in [1.165, 1.54) is 18.4 Å². The van der Waals surface area contributed by atoms with Gasteiger partial charge in [-0.25, -0.2) is 0 Å². The van der Waals surface area contributed by atoms with Gasteiger partial charge < -0.3 is 9.84 Å². The zero-order valence-corrected chi connectivity index (χ0v) is 10.6. The van der Waals surface area contributed by atoms with Crippen LogP contribution >= 0.6 is 0 Å². The number of ether oxygens (including phenoxy) is 1. The van der Waals surface area contributed by atoms with Crippen molar-refractivity contribution in [1.29, 1.82) is 0 Å². The fraction of sp³-hybridized carbons (Fsp3) is 0.500. The Bertz CT molecular complexity index is 345. The van der Waals surface area contributed by atoms with Crippen molar-refractivity contribution in [3.8, 4) is 5.75 Å². The Balaban J connectivity index is 0.000000437. The molecule has 0 heterocycles. The average molecular weight is 236 g/mol. The number of hydrogen-bond acceptors (Lipinski definition) is 2. The number of carbonyl (C=O) groups is 1. The standard InChI is InChI=1S/C13H18O.CH2O2/c1-13(2,3)14-12-8-6-11(7-9-12)10-4-5-10;2-1-3/h6-10H,4-5H2,1-3H3;1H,(H,2,3). The predicted molar refractivity (Wildman–Crippen MR) is 67.5 cm³/mol. The Labute approximate surface area is 102 Å². The minimum Gasteiger partial charge on any atom is -0.488 e. The Hall–Kier alpha value is -1.51. The molecule has 2 rings (SSSR count). The van der Waals surface area contributed by atoms with Crippen molar-refractivity contribution >= 4 is 6.47 Å². The molecule has 3 heteroatoms. The lowest BCUT2D eigenvalue weighted by Crippen LogP contribution is -2.22. The van der Waals surface area contributed by atoms with Crippen LogP contribution in [0.5, 0.6) is 5.75 Å². The number of carboxylic acid groups (broad SMARTS) is 1. The summed E-state index contributed by atoms with van der Waals surface area (Å²) in [7, 11) is 0. The second-order valence-corrected chi connectivity index (χ2v) is 5.16. The molecule has 1 aliphatic carbocycles. The molecule has 0 aromatic heterocycles. The van der Waals surface area contributed by atoms with Crippen LogP contribution in [-0.2, 0) is 4.79 Å². The molecule has 1 aromatic carbocycles. The van der Waals surface area contributed by atoms with Crippen molar-refractivity contribution in [1.82, 2.24) is 0 Å². The monoisotopic (exact) mass is 236 g/mol. The van der Waals surface area contributed by atoms with Gasteiger partial charge in [-0.15, -0.1) is 0 Å². The smallest absolute Gasteiger partial charge is 0.290 e. The summed E-state index contributed by atoms with van der Waals surface area (Å²) in [5.41, 5.74) is 1.37. The van der Waals surface area contributed by atoms with Crippen LogP contribution < -0.4 is 4.74 Å². The van der Waals surface area contributed by atoms with Crippen LogP contribution in [0.4, 0.5) is 0 Å². The van der Waals surface area contributed by atoms with Crippen LogP contribution in [0.15, 0.2) is 24.3 Å². The molecule has 1 fully saturated rings. The highest BCUT2D eigenvalue weighted by Crippen LogP contribution is 2.40. The van der Waals surface area contributed by atoms with Crippen LogP contribution in [-0.4, -0.2) is 17.2 Å². The maximum Gasteiger partial charge on any atom is 0.290 e. The van der Waals surface area contributed by atoms with Gasteiger partial charge in [0.25, 0.3) is 6.47 Å². The largest absolute Gasteiger partial charge is 0.488 e. The summed E-state index contributed by atoms with van der Waals surface area (Å²) in [5, 5.41) is 6.89. The van der Waals surface area contributed by atoms with Gasteiger partial charge in [0, 0.05) is 0 Å². The van der Waals surface area contributed by atoms with Crippen LogP contribution in [0.25, 0.3) is 0 Å². The van der Waals surface area contributed by atoms with E-state index in [1.54, 1.807) is 0 Å². The molecule has 94 valence electrons. The number of hydrogen-bond donors (Lipinski definition) is 1. The lowest BCUT2D eigenvalue weighted by molar-refractivity contribution is -0.122. The topological polar surface area (TPSA) is 46.5 Å². The summed E-state index contributed by atoms with van der Waals surface area (Å²) in [6, 6.07) is 8.55. The highest BCUT2D eigenvalue weighted by Gasteiger charge is 2.23. The Morgan fingerprint density at radius 2 is 1.71 bits per heavy atom. The third-order valence-electron chi connectivity index (χ3n) is 2.35. The normalized spacial score (nSPS) is 14.5. The second-order valence-electron chi connectivity index (χ2n) is 5.16. The lowest BCUT2D eigenvalue weighted by Gasteiger charge is -2.21. The molecule has 1 N–H and O–H groups in total. The molecule has 3 nitrogen and oxygen atoms in total. The molecular formula is C14H20O3. The number of rotatable bonds is 2. The first-order valence-electron chi connectivity index (χ1n) is 5.83. The van der Waals surface area contributed by atoms with Gasteiger partial charge in [0.05, 0.1) is 0 Å². The lowest BCUT2D eigenvalue weighted by atomic mass is 10.1. The van der Waals surface area contributed by atoms with Gasteiger partial charge in [-0.1, -0.05) is 12.1 Å². The van der Waals surface area contributed by atoms with E-state index in [4.69, 9.17) is 14.6 Å². The minimum absolute atomic E-state index is 0.0961. The second kappa shape index (κ2) is 5.71. The van der Waals surface area contributed by atoms with Crippen LogP contribution in [0.2, 0.25) is 0 Å². The van der Waals surface area contributed by atoms with Crippen molar-refractivity contribution in [2.45, 2.75) is 45.1 Å². The Kier molecular flexibility index (Phi) is 4.55. The maximum absolute atomic E-state index is 8.36. The highest BCUT2D eigenvalue weighted by molar-refractivity contribution is 5.32. The van der Waals surface area contributed by atoms with E-state index in [2.05, 4.69) is 45.0 Å². The molecule has 0 amide bonds. The van der Waals surface area contributed by atoms with Crippen molar-refractivity contribution < 1.29 is 14.6 Å². The third kappa shape index (κ3) is 5.38. The van der Waals surface area contributed by atoms with E-state index in [9.17, 15) is 0 Å². The molecule has 1 aromatic rings. The first-order chi connectivity index (χ1) is 7.96. The van der Waals surface area contributed by atoms with Gasteiger partial charge in [-0.2, -0.15) is 0 Å². The molecular weight excluding hydrogens is 216 g/mol. The molecule has 0 bridgehead atoms. The van der Waals surface area contributed by atoms with E-state index in [1.807, 2.05) is 0 Å². The van der Waals surface area contributed by atoms with Gasteiger partial charge in [0.1, 0.15) is 11.4 Å². The van der Waals surface area contributed by atoms with Gasteiger partial charge in [0.15, 0.2) is 0 Å². The molecule has 0 spiro atoms. The summed E-state index contributed by atoms with van der Waals surface area (Å²) >= 11 is 0. The summed E-state index contributed by atoms with van der Waals surface area (Å²) in [6.45, 7) is 5.96. The van der Waals surface area contributed by atoms with Crippen LogP contribution in [0.3, 0.4) is 0 Å². The van der Waals surface area contributed by atoms with Gasteiger partial charge in [0.2, 0.25) is 0 Å². The maximum atomic E-state index is 8.36. The SMILES string of the molecule is CC(C)(C)Oc1ccc(C2CC2)cc1.O=CO. The van der Waals surface area contributed by atoms with E-state index in [0.29, 0.717) is 0 Å². The van der Waals surface area contributed by atoms with Crippen LogP contribution in [0, 0.1) is 0 Å². The first kappa shape index (κ1) is 13.6. The zero-order valence-electron chi connectivity index (χ0n) is 10.6. The zero-order chi connectivity index (χ0) is 12.9. The first-order valence-corrected chi connectivity index (χ1v) is 5.83. The molecule has 1 aliphatic rings. The van der Waals surface area contributed by atoms with Crippen molar-refractivity contribution in [3.05, 3.63) is 29.8 Å². The van der Waals surface area contributed by atoms with Gasteiger partial charge in [-0.05, 0) is 57.2 Å².